The fourth-order valence-corrected chi connectivity index (χ4v) is 3.09. The van der Waals surface area contributed by atoms with Gasteiger partial charge >= 0.3 is 5.69 Å². The van der Waals surface area contributed by atoms with Crippen molar-refractivity contribution in [2.75, 3.05) is 24.5 Å². The molecule has 0 bridgehead atoms. The van der Waals surface area contributed by atoms with Crippen LogP contribution in [-0.2, 0) is 13.1 Å². The van der Waals surface area contributed by atoms with Crippen molar-refractivity contribution in [3.05, 3.63) is 64.7 Å². The fraction of sp³-hybridized carbons (Fsp3) is 0.294. The summed E-state index contributed by atoms with van der Waals surface area (Å²) < 4.78 is 3.13. The number of benzene rings is 1. The molecular weight excluding hydrogens is 326 g/mol. The van der Waals surface area contributed by atoms with Crippen LogP contribution < -0.4 is 15.9 Å². The van der Waals surface area contributed by atoms with Crippen LogP contribution in [0.5, 0.6) is 0 Å². The van der Waals surface area contributed by atoms with Gasteiger partial charge in [0.05, 0.1) is 6.54 Å². The number of halogens is 1. The van der Waals surface area contributed by atoms with E-state index in [1.807, 2.05) is 18.2 Å². The number of fused-ring (bicyclic) bond motifs is 2. The highest BCUT2D eigenvalue weighted by atomic mass is 35.5. The number of aromatic nitrogens is 3. The summed E-state index contributed by atoms with van der Waals surface area (Å²) >= 11 is 0. The Kier molecular flexibility index (Phi) is 4.87. The van der Waals surface area contributed by atoms with Crippen molar-refractivity contribution in [2.24, 2.45) is 0 Å². The third kappa shape index (κ3) is 3.02. The highest BCUT2D eigenvalue weighted by molar-refractivity contribution is 5.85. The summed E-state index contributed by atoms with van der Waals surface area (Å²) in [5.41, 5.74) is 3.15. The number of rotatable bonds is 3. The van der Waals surface area contributed by atoms with Gasteiger partial charge < -0.3 is 10.2 Å². The standard InChI is InChI=1S/C17H19N5O.ClH/c23-17-21-9-4-3-7-16(21)19-22(17)12-11-20-10-8-18-13-14-5-1-2-6-15(14)20;/h1-7,9,18H,8,10-13H2;1H. The Morgan fingerprint density at radius 1 is 1.08 bits per heavy atom. The van der Waals surface area contributed by atoms with E-state index in [2.05, 4.69) is 39.6 Å². The lowest BCUT2D eigenvalue weighted by Gasteiger charge is -2.24. The SMILES string of the molecule is Cl.O=c1n(CCN2CCNCc3ccccc32)nc2ccccn12. The first-order chi connectivity index (χ1) is 11.3. The van der Waals surface area contributed by atoms with Crippen LogP contribution in [0.15, 0.2) is 53.5 Å². The van der Waals surface area contributed by atoms with Crippen molar-refractivity contribution in [2.45, 2.75) is 13.1 Å². The minimum atomic E-state index is -0.0816. The number of pyridine rings is 1. The molecule has 7 heteroatoms. The van der Waals surface area contributed by atoms with E-state index in [1.54, 1.807) is 15.3 Å². The molecule has 0 aliphatic carbocycles. The first-order valence-electron chi connectivity index (χ1n) is 7.91. The van der Waals surface area contributed by atoms with Crippen molar-refractivity contribution in [3.8, 4) is 0 Å². The van der Waals surface area contributed by atoms with Crippen molar-refractivity contribution in [3.63, 3.8) is 0 Å². The minimum absolute atomic E-state index is 0. The molecule has 3 heterocycles. The van der Waals surface area contributed by atoms with Gasteiger partial charge in [0.2, 0.25) is 0 Å². The molecule has 4 rings (SSSR count). The maximum absolute atomic E-state index is 12.3. The van der Waals surface area contributed by atoms with Crippen LogP contribution in [0.4, 0.5) is 5.69 Å². The molecule has 0 amide bonds. The van der Waals surface area contributed by atoms with E-state index < -0.39 is 0 Å². The van der Waals surface area contributed by atoms with Gasteiger partial charge in [0.25, 0.3) is 0 Å². The Hall–Kier alpha value is -2.31. The lowest BCUT2D eigenvalue weighted by atomic mass is 10.1. The fourth-order valence-electron chi connectivity index (χ4n) is 3.09. The van der Waals surface area contributed by atoms with Crippen LogP contribution in [0.1, 0.15) is 5.56 Å². The molecule has 3 aromatic rings. The summed E-state index contributed by atoms with van der Waals surface area (Å²) in [4.78, 5) is 14.7. The second kappa shape index (κ2) is 7.07. The van der Waals surface area contributed by atoms with Gasteiger partial charge in [-0.05, 0) is 23.8 Å². The summed E-state index contributed by atoms with van der Waals surface area (Å²) in [6, 6.07) is 14.0. The Morgan fingerprint density at radius 2 is 1.92 bits per heavy atom. The van der Waals surface area contributed by atoms with Gasteiger partial charge in [-0.2, -0.15) is 0 Å². The molecule has 1 N–H and O–H groups in total. The lowest BCUT2D eigenvalue weighted by molar-refractivity contribution is 0.574. The number of anilines is 1. The van der Waals surface area contributed by atoms with Gasteiger partial charge in [-0.15, -0.1) is 17.5 Å². The first-order valence-corrected chi connectivity index (χ1v) is 7.91. The minimum Gasteiger partial charge on any atom is -0.368 e. The molecular formula is C17H20ClN5O. The molecule has 2 aromatic heterocycles. The van der Waals surface area contributed by atoms with E-state index >= 15 is 0 Å². The number of nitrogens with zero attached hydrogens (tertiary/aromatic N) is 4. The molecule has 0 spiro atoms. The Morgan fingerprint density at radius 3 is 2.79 bits per heavy atom. The summed E-state index contributed by atoms with van der Waals surface area (Å²) in [7, 11) is 0. The van der Waals surface area contributed by atoms with E-state index in [1.165, 1.54) is 11.3 Å². The predicted octanol–water partition coefficient (Wildman–Crippen LogP) is 1.53. The average molecular weight is 346 g/mol. The van der Waals surface area contributed by atoms with E-state index in [4.69, 9.17) is 0 Å². The monoisotopic (exact) mass is 345 g/mol. The molecule has 0 fully saturated rings. The number of hydrogen-bond donors (Lipinski definition) is 1. The third-order valence-corrected chi connectivity index (χ3v) is 4.28. The summed E-state index contributed by atoms with van der Waals surface area (Å²) in [6.45, 7) is 4.10. The maximum atomic E-state index is 12.3. The van der Waals surface area contributed by atoms with Crippen LogP contribution in [0.3, 0.4) is 0 Å². The lowest BCUT2D eigenvalue weighted by Crippen LogP contribution is -2.34. The smallest absolute Gasteiger partial charge is 0.350 e. The zero-order valence-corrected chi connectivity index (χ0v) is 14.1. The molecule has 1 aliphatic heterocycles. The third-order valence-electron chi connectivity index (χ3n) is 4.28. The topological polar surface area (TPSA) is 54.6 Å². The molecule has 0 saturated carbocycles. The zero-order valence-electron chi connectivity index (χ0n) is 13.3. The highest BCUT2D eigenvalue weighted by Crippen LogP contribution is 2.21. The van der Waals surface area contributed by atoms with Gasteiger partial charge in [-0.3, -0.25) is 4.40 Å². The highest BCUT2D eigenvalue weighted by Gasteiger charge is 2.15. The van der Waals surface area contributed by atoms with Crippen LogP contribution in [0, 0.1) is 0 Å². The van der Waals surface area contributed by atoms with E-state index in [9.17, 15) is 4.79 Å². The summed E-state index contributed by atoms with van der Waals surface area (Å²) in [6.07, 6.45) is 1.76. The van der Waals surface area contributed by atoms with Crippen molar-refractivity contribution in [1.82, 2.24) is 19.5 Å². The number of hydrogen-bond acceptors (Lipinski definition) is 4. The van der Waals surface area contributed by atoms with E-state index in [0.29, 0.717) is 12.2 Å². The maximum Gasteiger partial charge on any atom is 0.350 e. The second-order valence-corrected chi connectivity index (χ2v) is 5.73. The van der Waals surface area contributed by atoms with Crippen LogP contribution in [0.25, 0.3) is 5.65 Å². The molecule has 0 atom stereocenters. The van der Waals surface area contributed by atoms with Crippen molar-refractivity contribution >= 4 is 23.7 Å². The molecule has 0 radical (unpaired) electrons. The molecule has 0 saturated heterocycles. The Balaban J connectivity index is 0.00000169. The van der Waals surface area contributed by atoms with Crippen molar-refractivity contribution in [1.29, 1.82) is 0 Å². The summed E-state index contributed by atoms with van der Waals surface area (Å²) in [5.74, 6) is 0. The molecule has 6 nitrogen and oxygen atoms in total. The van der Waals surface area contributed by atoms with Gasteiger partial charge in [0, 0.05) is 38.1 Å². The van der Waals surface area contributed by atoms with Crippen LogP contribution >= 0.6 is 12.4 Å². The average Bonchev–Trinajstić information content (AvgIpc) is 2.78. The molecule has 1 aromatic carbocycles. The van der Waals surface area contributed by atoms with E-state index in [-0.39, 0.29) is 18.1 Å². The van der Waals surface area contributed by atoms with Gasteiger partial charge in [-0.1, -0.05) is 24.3 Å². The Labute approximate surface area is 146 Å². The molecule has 1 aliphatic rings. The second-order valence-electron chi connectivity index (χ2n) is 5.73. The van der Waals surface area contributed by atoms with Crippen LogP contribution in [-0.4, -0.2) is 33.8 Å². The quantitative estimate of drug-likeness (QED) is 0.782. The number of para-hydroxylation sites is 1. The van der Waals surface area contributed by atoms with Gasteiger partial charge in [0.15, 0.2) is 5.65 Å². The van der Waals surface area contributed by atoms with Gasteiger partial charge in [0.1, 0.15) is 0 Å². The zero-order chi connectivity index (χ0) is 15.6. The van der Waals surface area contributed by atoms with Crippen molar-refractivity contribution < 1.29 is 0 Å². The Bertz CT molecular complexity index is 888. The number of nitrogens with one attached hydrogen (secondary N) is 1. The predicted molar refractivity (Wildman–Crippen MR) is 97.1 cm³/mol. The largest absolute Gasteiger partial charge is 0.368 e. The molecule has 0 unspecified atom stereocenters. The molecule has 126 valence electrons. The van der Waals surface area contributed by atoms with Crippen LogP contribution in [0.2, 0.25) is 0 Å². The van der Waals surface area contributed by atoms with Gasteiger partial charge in [-0.25, -0.2) is 9.48 Å². The first kappa shape index (κ1) is 16.5. The summed E-state index contributed by atoms with van der Waals surface area (Å²) in [5, 5.41) is 7.84. The van der Waals surface area contributed by atoms with E-state index in [0.717, 1.165) is 26.2 Å². The normalized spacial score (nSPS) is 14.1. The molecule has 24 heavy (non-hydrogen) atoms.